The van der Waals surface area contributed by atoms with Gasteiger partial charge in [0.15, 0.2) is 0 Å². The van der Waals surface area contributed by atoms with E-state index in [2.05, 4.69) is 10.3 Å². The molecule has 0 saturated carbocycles. The van der Waals surface area contributed by atoms with Crippen molar-refractivity contribution in [2.75, 3.05) is 13.1 Å². The van der Waals surface area contributed by atoms with E-state index in [1.54, 1.807) is 4.90 Å². The smallest absolute Gasteiger partial charge is 0.437 e. The van der Waals surface area contributed by atoms with E-state index in [9.17, 15) is 19.2 Å². The number of hydrogen-bond acceptors (Lipinski definition) is 5. The molecule has 0 aliphatic carbocycles. The minimum Gasteiger partial charge on any atom is -0.443 e. The highest BCUT2D eigenvalue weighted by atomic mass is 16.5. The van der Waals surface area contributed by atoms with Crippen LogP contribution in [0.5, 0.6) is 0 Å². The van der Waals surface area contributed by atoms with E-state index in [0.29, 0.717) is 32.2 Å². The van der Waals surface area contributed by atoms with Gasteiger partial charge in [-0.1, -0.05) is 60.7 Å². The first-order chi connectivity index (χ1) is 18.3. The molecule has 38 heavy (non-hydrogen) atoms. The molecule has 3 N–H and O–H groups in total. The van der Waals surface area contributed by atoms with Crippen molar-refractivity contribution in [3.05, 3.63) is 71.8 Å². The SMILES string of the molecule is C[C@H](C(=O)N1CCC[C@H]1C(=O)N[C@H]1CCCN(/C(N)=N/C(=O)OCc2ccccc2)C1=O)c1ccccc1. The fourth-order valence-electron chi connectivity index (χ4n) is 4.85. The minimum atomic E-state index is -0.905. The van der Waals surface area contributed by atoms with Crippen molar-refractivity contribution in [2.24, 2.45) is 10.7 Å². The lowest BCUT2D eigenvalue weighted by Gasteiger charge is -2.33. The summed E-state index contributed by atoms with van der Waals surface area (Å²) < 4.78 is 5.12. The monoisotopic (exact) mass is 519 g/mol. The highest BCUT2D eigenvalue weighted by molar-refractivity contribution is 6.03. The van der Waals surface area contributed by atoms with Crippen molar-refractivity contribution in [3.63, 3.8) is 0 Å². The number of carbonyl (C=O) groups is 4. The Kier molecular flexibility index (Phi) is 8.73. The number of amides is 4. The van der Waals surface area contributed by atoms with Gasteiger partial charge in [0.25, 0.3) is 5.91 Å². The number of nitrogens with one attached hydrogen (secondary N) is 1. The third kappa shape index (κ3) is 6.37. The number of aliphatic imine (C=N–C) groups is 1. The number of nitrogens with two attached hydrogens (primary N) is 1. The first-order valence-corrected chi connectivity index (χ1v) is 12.9. The van der Waals surface area contributed by atoms with Crippen LogP contribution >= 0.6 is 0 Å². The number of carbonyl (C=O) groups excluding carboxylic acids is 4. The van der Waals surface area contributed by atoms with Gasteiger partial charge in [0, 0.05) is 13.1 Å². The van der Waals surface area contributed by atoms with Gasteiger partial charge in [-0.2, -0.15) is 0 Å². The molecule has 3 atom stereocenters. The molecule has 0 radical (unpaired) electrons. The second kappa shape index (κ2) is 12.4. The second-order valence-corrected chi connectivity index (χ2v) is 9.53. The average Bonchev–Trinajstić information content (AvgIpc) is 3.43. The van der Waals surface area contributed by atoms with E-state index >= 15 is 0 Å². The second-order valence-electron chi connectivity index (χ2n) is 9.53. The van der Waals surface area contributed by atoms with Crippen LogP contribution in [0, 0.1) is 0 Å². The molecule has 2 aromatic carbocycles. The van der Waals surface area contributed by atoms with Crippen LogP contribution in [0.3, 0.4) is 0 Å². The summed E-state index contributed by atoms with van der Waals surface area (Å²) in [7, 11) is 0. The van der Waals surface area contributed by atoms with Crippen LogP contribution < -0.4 is 11.1 Å². The standard InChI is InChI=1S/C28H33N5O5/c1-19(21-12-6-3-7-13-21)25(35)32-16-9-15-23(32)24(34)30-22-14-8-17-33(26(22)36)27(29)31-28(37)38-18-20-10-4-2-5-11-20/h2-7,10-13,19,22-23H,8-9,14-18H2,1H3,(H,30,34)(H2,29,31,37)/t19-,22-,23-/m0/s1. The number of benzene rings is 2. The van der Waals surface area contributed by atoms with E-state index in [1.807, 2.05) is 67.6 Å². The molecule has 2 heterocycles. The number of ether oxygens (including phenoxy) is 1. The Labute approximate surface area is 221 Å². The molecule has 2 saturated heterocycles. The summed E-state index contributed by atoms with van der Waals surface area (Å²) in [5, 5.41) is 2.81. The minimum absolute atomic E-state index is 0.0303. The number of hydrogen-bond donors (Lipinski definition) is 2. The van der Waals surface area contributed by atoms with E-state index in [0.717, 1.165) is 11.1 Å². The summed E-state index contributed by atoms with van der Waals surface area (Å²) in [5.74, 6) is -1.59. The fourth-order valence-corrected chi connectivity index (χ4v) is 4.85. The van der Waals surface area contributed by atoms with Gasteiger partial charge < -0.3 is 20.7 Å². The van der Waals surface area contributed by atoms with Crippen LogP contribution in [-0.2, 0) is 25.7 Å². The Hall–Kier alpha value is -4.21. The van der Waals surface area contributed by atoms with Crippen molar-refractivity contribution in [1.82, 2.24) is 15.1 Å². The maximum Gasteiger partial charge on any atom is 0.437 e. The molecule has 2 aliphatic rings. The zero-order chi connectivity index (χ0) is 27.1. The summed E-state index contributed by atoms with van der Waals surface area (Å²) in [6.45, 7) is 2.63. The van der Waals surface area contributed by atoms with Gasteiger partial charge in [-0.3, -0.25) is 19.3 Å². The molecule has 0 unspecified atom stereocenters. The van der Waals surface area contributed by atoms with Crippen molar-refractivity contribution in [1.29, 1.82) is 0 Å². The lowest BCUT2D eigenvalue weighted by atomic mass is 9.99. The summed E-state index contributed by atoms with van der Waals surface area (Å²) in [6.07, 6.45) is 1.32. The number of rotatable bonds is 6. The highest BCUT2D eigenvalue weighted by Gasteiger charge is 2.39. The molecule has 2 aliphatic heterocycles. The molecule has 2 fully saturated rings. The maximum atomic E-state index is 13.2. The van der Waals surface area contributed by atoms with Crippen LogP contribution in [0.25, 0.3) is 0 Å². The van der Waals surface area contributed by atoms with Gasteiger partial charge in [0.05, 0.1) is 5.92 Å². The normalized spacial score (nSPS) is 20.7. The van der Waals surface area contributed by atoms with Gasteiger partial charge in [-0.25, -0.2) is 4.79 Å². The summed E-state index contributed by atoms with van der Waals surface area (Å²) in [5.41, 5.74) is 7.65. The van der Waals surface area contributed by atoms with Crippen LogP contribution in [0.4, 0.5) is 4.79 Å². The fraction of sp³-hybridized carbons (Fsp3) is 0.393. The van der Waals surface area contributed by atoms with Gasteiger partial charge in [-0.15, -0.1) is 4.99 Å². The van der Waals surface area contributed by atoms with Crippen molar-refractivity contribution < 1.29 is 23.9 Å². The summed E-state index contributed by atoms with van der Waals surface area (Å²) >= 11 is 0. The molecular formula is C28H33N5O5. The molecule has 0 spiro atoms. The van der Waals surface area contributed by atoms with E-state index in [-0.39, 0.29) is 36.8 Å². The predicted molar refractivity (Wildman–Crippen MR) is 141 cm³/mol. The van der Waals surface area contributed by atoms with Crippen molar-refractivity contribution in [3.8, 4) is 0 Å². The van der Waals surface area contributed by atoms with Crippen molar-refractivity contribution >= 4 is 29.8 Å². The largest absolute Gasteiger partial charge is 0.443 e. The lowest BCUT2D eigenvalue weighted by Crippen LogP contribution is -2.58. The van der Waals surface area contributed by atoms with Crippen LogP contribution in [-0.4, -0.2) is 64.7 Å². The predicted octanol–water partition coefficient (Wildman–Crippen LogP) is 2.54. The molecule has 2 aromatic rings. The number of likely N-dealkylation sites (tertiary alicyclic amines) is 2. The molecular weight excluding hydrogens is 486 g/mol. The average molecular weight is 520 g/mol. The Morgan fingerprint density at radius 2 is 1.68 bits per heavy atom. The zero-order valence-electron chi connectivity index (χ0n) is 21.4. The quantitative estimate of drug-likeness (QED) is 0.445. The summed E-state index contributed by atoms with van der Waals surface area (Å²) in [6, 6.07) is 17.1. The van der Waals surface area contributed by atoms with Crippen LogP contribution in [0.1, 0.15) is 49.7 Å². The molecule has 200 valence electrons. The molecule has 0 bridgehead atoms. The number of nitrogens with zero attached hydrogens (tertiary/aromatic N) is 3. The third-order valence-electron chi connectivity index (χ3n) is 6.95. The third-order valence-corrected chi connectivity index (χ3v) is 6.95. The first kappa shape index (κ1) is 26.8. The van der Waals surface area contributed by atoms with E-state index in [4.69, 9.17) is 10.5 Å². The Bertz CT molecular complexity index is 1190. The van der Waals surface area contributed by atoms with Gasteiger partial charge in [0.1, 0.15) is 18.7 Å². The van der Waals surface area contributed by atoms with E-state index in [1.165, 1.54) is 4.90 Å². The lowest BCUT2D eigenvalue weighted by molar-refractivity contribution is -0.141. The Balaban J connectivity index is 1.35. The molecule has 4 amide bonds. The van der Waals surface area contributed by atoms with Gasteiger partial charge in [-0.05, 0) is 43.7 Å². The summed E-state index contributed by atoms with van der Waals surface area (Å²) in [4.78, 5) is 58.1. The first-order valence-electron chi connectivity index (χ1n) is 12.9. The molecule has 4 rings (SSSR count). The number of guanidine groups is 1. The Morgan fingerprint density at radius 3 is 2.39 bits per heavy atom. The molecule has 10 nitrogen and oxygen atoms in total. The number of piperidine rings is 1. The van der Waals surface area contributed by atoms with Crippen LogP contribution in [0.15, 0.2) is 65.7 Å². The van der Waals surface area contributed by atoms with E-state index < -0.39 is 24.1 Å². The van der Waals surface area contributed by atoms with Crippen molar-refractivity contribution in [2.45, 2.75) is 57.2 Å². The topological polar surface area (TPSA) is 134 Å². The van der Waals surface area contributed by atoms with Gasteiger partial charge in [0.2, 0.25) is 17.8 Å². The van der Waals surface area contributed by atoms with Gasteiger partial charge >= 0.3 is 6.09 Å². The molecule has 10 heteroatoms. The molecule has 0 aromatic heterocycles. The van der Waals surface area contributed by atoms with Crippen LogP contribution in [0.2, 0.25) is 0 Å². The highest BCUT2D eigenvalue weighted by Crippen LogP contribution is 2.25. The zero-order valence-corrected chi connectivity index (χ0v) is 21.4. The maximum absolute atomic E-state index is 13.2. The Morgan fingerprint density at radius 1 is 1.03 bits per heavy atom.